The summed E-state index contributed by atoms with van der Waals surface area (Å²) < 4.78 is 11.5. The van der Waals surface area contributed by atoms with E-state index < -0.39 is 5.97 Å². The summed E-state index contributed by atoms with van der Waals surface area (Å²) in [6.45, 7) is 5.02. The lowest BCUT2D eigenvalue weighted by Crippen LogP contribution is -2.33. The maximum Gasteiger partial charge on any atom is 0.338 e. The molecular formula is C24H26ClNO4. The number of hydrogen-bond acceptors (Lipinski definition) is 5. The topological polar surface area (TPSA) is 59.8 Å². The van der Waals surface area contributed by atoms with Crippen LogP contribution < -0.4 is 5.43 Å². The van der Waals surface area contributed by atoms with Crippen LogP contribution in [0, 0.1) is 6.92 Å². The van der Waals surface area contributed by atoms with Crippen molar-refractivity contribution in [1.29, 1.82) is 0 Å². The van der Waals surface area contributed by atoms with Gasteiger partial charge in [-0.2, -0.15) is 0 Å². The van der Waals surface area contributed by atoms with Gasteiger partial charge in [0.15, 0.2) is 5.43 Å². The first-order valence-corrected chi connectivity index (χ1v) is 10.2. The number of carbonyl (C=O) groups is 1. The number of nitrogens with zero attached hydrogens (tertiary/aromatic N) is 1. The van der Waals surface area contributed by atoms with E-state index in [2.05, 4.69) is 4.90 Å². The van der Waals surface area contributed by atoms with Gasteiger partial charge >= 0.3 is 5.97 Å². The molecule has 1 aromatic heterocycles. The Balaban J connectivity index is 0.00000256. The molecule has 2 aromatic carbocycles. The maximum absolute atomic E-state index is 12.8. The van der Waals surface area contributed by atoms with E-state index >= 15 is 0 Å². The third-order valence-electron chi connectivity index (χ3n) is 5.48. The zero-order chi connectivity index (χ0) is 20.2. The molecular weight excluding hydrogens is 402 g/mol. The van der Waals surface area contributed by atoms with Crippen molar-refractivity contribution in [2.75, 3.05) is 26.2 Å². The summed E-state index contributed by atoms with van der Waals surface area (Å²) >= 11 is 0. The van der Waals surface area contributed by atoms with Gasteiger partial charge in [-0.15, -0.1) is 12.4 Å². The molecule has 2 heterocycles. The van der Waals surface area contributed by atoms with Gasteiger partial charge in [-0.1, -0.05) is 36.8 Å². The van der Waals surface area contributed by atoms with Gasteiger partial charge in [-0.3, -0.25) is 9.69 Å². The monoisotopic (exact) mass is 427 g/mol. The second-order valence-electron chi connectivity index (χ2n) is 7.50. The van der Waals surface area contributed by atoms with Gasteiger partial charge in [0.05, 0.1) is 10.9 Å². The smallest absolute Gasteiger partial charge is 0.338 e. The molecule has 1 aliphatic rings. The standard InChI is InChI=1S/C24H25NO4.ClH/c1-17-22(26)20-11-10-19(24(27)28-15-14-25-12-6-3-7-13-25)16-21(20)29-23(17)18-8-4-2-5-9-18;/h2,4-5,8-11,16H,3,6-7,12-15H2,1H3;1H. The molecule has 0 spiro atoms. The highest BCUT2D eigenvalue weighted by Crippen LogP contribution is 2.26. The number of halogens is 1. The van der Waals surface area contributed by atoms with E-state index in [1.165, 1.54) is 19.3 Å². The number of esters is 1. The first kappa shape index (κ1) is 22.1. The van der Waals surface area contributed by atoms with Crippen molar-refractivity contribution >= 4 is 29.3 Å². The lowest BCUT2D eigenvalue weighted by Gasteiger charge is -2.25. The fourth-order valence-corrected chi connectivity index (χ4v) is 3.81. The molecule has 0 atom stereocenters. The molecule has 1 aliphatic heterocycles. The maximum atomic E-state index is 12.8. The number of ether oxygens (including phenoxy) is 1. The highest BCUT2D eigenvalue weighted by molar-refractivity contribution is 5.94. The van der Waals surface area contributed by atoms with Gasteiger partial charge in [0.1, 0.15) is 18.0 Å². The van der Waals surface area contributed by atoms with Crippen molar-refractivity contribution in [3.8, 4) is 11.3 Å². The van der Waals surface area contributed by atoms with E-state index in [9.17, 15) is 9.59 Å². The molecule has 0 radical (unpaired) electrons. The predicted octanol–water partition coefficient (Wildman–Crippen LogP) is 4.83. The fraction of sp³-hybridized carbons (Fsp3) is 0.333. The Morgan fingerprint density at radius 1 is 1.07 bits per heavy atom. The Bertz CT molecular complexity index is 1070. The molecule has 1 fully saturated rings. The average Bonchev–Trinajstić information content (AvgIpc) is 2.77. The average molecular weight is 428 g/mol. The van der Waals surface area contributed by atoms with Gasteiger partial charge in [0.2, 0.25) is 0 Å². The van der Waals surface area contributed by atoms with Crippen LogP contribution in [0.3, 0.4) is 0 Å². The molecule has 0 amide bonds. The van der Waals surface area contributed by atoms with Crippen LogP contribution in [0.4, 0.5) is 0 Å². The van der Waals surface area contributed by atoms with Crippen molar-refractivity contribution in [2.24, 2.45) is 0 Å². The van der Waals surface area contributed by atoms with Crippen LogP contribution in [0.1, 0.15) is 35.2 Å². The van der Waals surface area contributed by atoms with E-state index in [-0.39, 0.29) is 17.8 Å². The molecule has 0 unspecified atom stereocenters. The number of likely N-dealkylation sites (tertiary alicyclic amines) is 1. The largest absolute Gasteiger partial charge is 0.461 e. The number of rotatable bonds is 5. The Morgan fingerprint density at radius 3 is 2.53 bits per heavy atom. The third kappa shape index (κ3) is 4.74. The lowest BCUT2D eigenvalue weighted by molar-refractivity contribution is 0.0452. The number of benzene rings is 2. The molecule has 1 saturated heterocycles. The van der Waals surface area contributed by atoms with Crippen LogP contribution in [0.5, 0.6) is 0 Å². The molecule has 0 saturated carbocycles. The van der Waals surface area contributed by atoms with Crippen LogP contribution in [0.15, 0.2) is 57.7 Å². The van der Waals surface area contributed by atoms with Gasteiger partial charge in [-0.25, -0.2) is 4.79 Å². The minimum atomic E-state index is -0.395. The van der Waals surface area contributed by atoms with Crippen molar-refractivity contribution in [3.63, 3.8) is 0 Å². The van der Waals surface area contributed by atoms with E-state index in [1.807, 2.05) is 30.3 Å². The second-order valence-corrected chi connectivity index (χ2v) is 7.50. The summed E-state index contributed by atoms with van der Waals surface area (Å²) in [5, 5.41) is 0.465. The normalized spacial score (nSPS) is 14.3. The molecule has 4 rings (SSSR count). The highest BCUT2D eigenvalue weighted by Gasteiger charge is 2.16. The Labute approximate surface area is 182 Å². The molecule has 158 valence electrons. The zero-order valence-electron chi connectivity index (χ0n) is 17.1. The summed E-state index contributed by atoms with van der Waals surface area (Å²) in [6.07, 6.45) is 3.70. The Morgan fingerprint density at radius 2 is 1.80 bits per heavy atom. The van der Waals surface area contributed by atoms with Crippen LogP contribution in [-0.2, 0) is 4.74 Å². The van der Waals surface area contributed by atoms with Crippen molar-refractivity contribution < 1.29 is 13.9 Å². The molecule has 0 bridgehead atoms. The van der Waals surface area contributed by atoms with Crippen LogP contribution in [-0.4, -0.2) is 37.1 Å². The predicted molar refractivity (Wildman–Crippen MR) is 120 cm³/mol. The third-order valence-corrected chi connectivity index (χ3v) is 5.48. The fourth-order valence-electron chi connectivity index (χ4n) is 3.81. The quantitative estimate of drug-likeness (QED) is 0.545. The SMILES string of the molecule is Cc1c(-c2ccccc2)oc2cc(C(=O)OCCN3CCCCC3)ccc2c1=O.Cl. The van der Waals surface area contributed by atoms with E-state index in [0.717, 1.165) is 25.2 Å². The summed E-state index contributed by atoms with van der Waals surface area (Å²) in [7, 11) is 0. The van der Waals surface area contributed by atoms with Gasteiger partial charge in [-0.05, 0) is 51.1 Å². The second kappa shape index (κ2) is 9.92. The van der Waals surface area contributed by atoms with E-state index in [4.69, 9.17) is 9.15 Å². The number of piperidine rings is 1. The van der Waals surface area contributed by atoms with Crippen molar-refractivity contribution in [3.05, 3.63) is 69.9 Å². The Kier molecular flexibility index (Phi) is 7.29. The molecule has 30 heavy (non-hydrogen) atoms. The molecule has 5 nitrogen and oxygen atoms in total. The van der Waals surface area contributed by atoms with Crippen LogP contribution >= 0.6 is 12.4 Å². The summed E-state index contributed by atoms with van der Waals surface area (Å²) in [4.78, 5) is 27.6. The summed E-state index contributed by atoms with van der Waals surface area (Å²) in [6, 6.07) is 14.4. The van der Waals surface area contributed by atoms with Gasteiger partial charge in [0, 0.05) is 17.7 Å². The number of hydrogen-bond donors (Lipinski definition) is 0. The number of fused-ring (bicyclic) bond motifs is 1. The van der Waals surface area contributed by atoms with Crippen molar-refractivity contribution in [1.82, 2.24) is 4.90 Å². The molecule has 3 aromatic rings. The van der Waals surface area contributed by atoms with Gasteiger partial charge in [0.25, 0.3) is 0 Å². The van der Waals surface area contributed by atoms with E-state index in [0.29, 0.717) is 34.5 Å². The minimum absolute atomic E-state index is 0. The first-order chi connectivity index (χ1) is 14.1. The Hall–Kier alpha value is -2.63. The minimum Gasteiger partial charge on any atom is -0.461 e. The first-order valence-electron chi connectivity index (χ1n) is 10.2. The number of carbonyl (C=O) groups excluding carboxylic acids is 1. The van der Waals surface area contributed by atoms with Gasteiger partial charge < -0.3 is 9.15 Å². The van der Waals surface area contributed by atoms with Crippen LogP contribution in [0.25, 0.3) is 22.3 Å². The molecule has 0 aliphatic carbocycles. The molecule has 0 N–H and O–H groups in total. The zero-order valence-corrected chi connectivity index (χ0v) is 17.9. The molecule has 6 heteroatoms. The van der Waals surface area contributed by atoms with E-state index in [1.54, 1.807) is 25.1 Å². The lowest BCUT2D eigenvalue weighted by atomic mass is 10.0. The summed E-state index contributed by atoms with van der Waals surface area (Å²) in [5.41, 5.74) is 2.08. The summed E-state index contributed by atoms with van der Waals surface area (Å²) in [5.74, 6) is 0.132. The van der Waals surface area contributed by atoms with Crippen LogP contribution in [0.2, 0.25) is 0 Å². The highest BCUT2D eigenvalue weighted by atomic mass is 35.5. The van der Waals surface area contributed by atoms with Crippen molar-refractivity contribution in [2.45, 2.75) is 26.2 Å².